The molecule has 0 heterocycles. The molecule has 0 aromatic heterocycles. The van der Waals surface area contributed by atoms with E-state index in [1.807, 2.05) is 6.92 Å². The molecular formula is C16H34O2. The van der Waals surface area contributed by atoms with Gasteiger partial charge in [-0.15, -0.1) is 0 Å². The Hall–Kier alpha value is -0.0800. The van der Waals surface area contributed by atoms with Crippen LogP contribution in [0.2, 0.25) is 0 Å². The standard InChI is InChI=1S/C16H34O2/c1-3-12-16(18)14-11-9-7-5-6-8-10-13-15(17)4-2/h15-18H,3-14H2,1-2H3. The lowest BCUT2D eigenvalue weighted by Gasteiger charge is -2.08. The van der Waals surface area contributed by atoms with Gasteiger partial charge < -0.3 is 10.2 Å². The smallest absolute Gasteiger partial charge is 0.0540 e. The fourth-order valence-corrected chi connectivity index (χ4v) is 2.33. The van der Waals surface area contributed by atoms with Crippen LogP contribution < -0.4 is 0 Å². The van der Waals surface area contributed by atoms with Crippen LogP contribution in [0.5, 0.6) is 0 Å². The molecule has 18 heavy (non-hydrogen) atoms. The van der Waals surface area contributed by atoms with Crippen LogP contribution >= 0.6 is 0 Å². The predicted molar refractivity (Wildman–Crippen MR) is 78.8 cm³/mol. The van der Waals surface area contributed by atoms with Crippen molar-refractivity contribution in [3.63, 3.8) is 0 Å². The topological polar surface area (TPSA) is 40.5 Å². The maximum Gasteiger partial charge on any atom is 0.0540 e. The van der Waals surface area contributed by atoms with Crippen molar-refractivity contribution in [1.29, 1.82) is 0 Å². The van der Waals surface area contributed by atoms with Crippen molar-refractivity contribution < 1.29 is 10.2 Å². The highest BCUT2D eigenvalue weighted by atomic mass is 16.3. The van der Waals surface area contributed by atoms with Gasteiger partial charge in [-0.3, -0.25) is 0 Å². The molecule has 0 aliphatic rings. The van der Waals surface area contributed by atoms with Crippen molar-refractivity contribution >= 4 is 0 Å². The fraction of sp³-hybridized carbons (Fsp3) is 1.00. The van der Waals surface area contributed by atoms with Gasteiger partial charge in [-0.1, -0.05) is 65.2 Å². The van der Waals surface area contributed by atoms with E-state index in [0.717, 1.165) is 32.1 Å². The summed E-state index contributed by atoms with van der Waals surface area (Å²) in [6.07, 6.45) is 13.5. The van der Waals surface area contributed by atoms with Gasteiger partial charge in [0.1, 0.15) is 0 Å². The van der Waals surface area contributed by atoms with Crippen LogP contribution in [0.25, 0.3) is 0 Å². The first-order valence-electron chi connectivity index (χ1n) is 8.06. The van der Waals surface area contributed by atoms with Crippen LogP contribution in [0.3, 0.4) is 0 Å². The zero-order valence-electron chi connectivity index (χ0n) is 12.5. The molecule has 0 aliphatic heterocycles. The number of hydrogen-bond acceptors (Lipinski definition) is 2. The van der Waals surface area contributed by atoms with Crippen LogP contribution in [-0.2, 0) is 0 Å². The molecule has 0 aliphatic carbocycles. The molecule has 2 heteroatoms. The molecule has 0 aromatic rings. The molecule has 2 N–H and O–H groups in total. The molecular weight excluding hydrogens is 224 g/mol. The lowest BCUT2D eigenvalue weighted by Crippen LogP contribution is -2.04. The van der Waals surface area contributed by atoms with Gasteiger partial charge in [0, 0.05) is 0 Å². The summed E-state index contributed by atoms with van der Waals surface area (Å²) in [7, 11) is 0. The summed E-state index contributed by atoms with van der Waals surface area (Å²) in [6, 6.07) is 0. The van der Waals surface area contributed by atoms with E-state index in [4.69, 9.17) is 0 Å². The van der Waals surface area contributed by atoms with Crippen molar-refractivity contribution in [3.05, 3.63) is 0 Å². The van der Waals surface area contributed by atoms with E-state index >= 15 is 0 Å². The summed E-state index contributed by atoms with van der Waals surface area (Å²) in [5, 5.41) is 19.0. The lowest BCUT2D eigenvalue weighted by molar-refractivity contribution is 0.150. The maximum absolute atomic E-state index is 9.57. The monoisotopic (exact) mass is 258 g/mol. The SMILES string of the molecule is CCCC(O)CCCCCCCCCC(O)CC. The Balaban J connectivity index is 3.07. The molecule has 0 spiro atoms. The molecule has 0 saturated carbocycles. The van der Waals surface area contributed by atoms with Gasteiger partial charge in [-0.2, -0.15) is 0 Å². The Kier molecular flexibility index (Phi) is 13.3. The van der Waals surface area contributed by atoms with Crippen LogP contribution in [0.15, 0.2) is 0 Å². The molecule has 110 valence electrons. The van der Waals surface area contributed by atoms with Crippen molar-refractivity contribution in [2.75, 3.05) is 0 Å². The maximum atomic E-state index is 9.57. The molecule has 0 radical (unpaired) electrons. The highest BCUT2D eigenvalue weighted by Gasteiger charge is 2.02. The molecule has 2 atom stereocenters. The van der Waals surface area contributed by atoms with Crippen molar-refractivity contribution in [2.24, 2.45) is 0 Å². The molecule has 2 nitrogen and oxygen atoms in total. The Morgan fingerprint density at radius 2 is 1.06 bits per heavy atom. The average molecular weight is 258 g/mol. The van der Waals surface area contributed by atoms with Gasteiger partial charge in [0.2, 0.25) is 0 Å². The number of rotatable bonds is 13. The highest BCUT2D eigenvalue weighted by molar-refractivity contribution is 4.56. The normalized spacial score (nSPS) is 14.7. The van der Waals surface area contributed by atoms with Gasteiger partial charge in [-0.05, 0) is 25.7 Å². The van der Waals surface area contributed by atoms with Crippen molar-refractivity contribution in [2.45, 2.75) is 103 Å². The molecule has 0 bridgehead atoms. The van der Waals surface area contributed by atoms with E-state index in [1.54, 1.807) is 0 Å². The van der Waals surface area contributed by atoms with E-state index in [-0.39, 0.29) is 12.2 Å². The van der Waals surface area contributed by atoms with E-state index in [0.29, 0.717) is 0 Å². The third-order valence-corrected chi connectivity index (χ3v) is 3.67. The molecule has 0 aromatic carbocycles. The summed E-state index contributed by atoms with van der Waals surface area (Å²) in [4.78, 5) is 0. The zero-order chi connectivity index (χ0) is 13.6. The van der Waals surface area contributed by atoms with Crippen LogP contribution in [0.1, 0.15) is 90.9 Å². The minimum atomic E-state index is -0.0787. The second-order valence-electron chi connectivity index (χ2n) is 5.56. The average Bonchev–Trinajstić information content (AvgIpc) is 2.36. The highest BCUT2D eigenvalue weighted by Crippen LogP contribution is 2.13. The minimum Gasteiger partial charge on any atom is -0.393 e. The molecule has 0 fully saturated rings. The first-order chi connectivity index (χ1) is 8.70. The minimum absolute atomic E-state index is 0.0643. The third-order valence-electron chi connectivity index (χ3n) is 3.67. The Morgan fingerprint density at radius 1 is 0.611 bits per heavy atom. The second kappa shape index (κ2) is 13.4. The Bertz CT molecular complexity index is 159. The van der Waals surface area contributed by atoms with Gasteiger partial charge in [0.15, 0.2) is 0 Å². The third kappa shape index (κ3) is 12.4. The molecule has 0 saturated heterocycles. The van der Waals surface area contributed by atoms with Crippen LogP contribution in [-0.4, -0.2) is 22.4 Å². The Morgan fingerprint density at radius 3 is 1.50 bits per heavy atom. The number of hydrogen-bond donors (Lipinski definition) is 2. The summed E-state index contributed by atoms with van der Waals surface area (Å²) in [5.41, 5.74) is 0. The Labute approximate surface area is 114 Å². The van der Waals surface area contributed by atoms with E-state index in [1.165, 1.54) is 44.9 Å². The van der Waals surface area contributed by atoms with Crippen LogP contribution in [0, 0.1) is 0 Å². The summed E-state index contributed by atoms with van der Waals surface area (Å²) >= 11 is 0. The summed E-state index contributed by atoms with van der Waals surface area (Å²) in [5.74, 6) is 0. The van der Waals surface area contributed by atoms with Gasteiger partial charge >= 0.3 is 0 Å². The zero-order valence-corrected chi connectivity index (χ0v) is 12.5. The molecule has 2 unspecified atom stereocenters. The van der Waals surface area contributed by atoms with Gasteiger partial charge in [-0.25, -0.2) is 0 Å². The van der Waals surface area contributed by atoms with E-state index in [9.17, 15) is 10.2 Å². The number of aliphatic hydroxyl groups is 2. The first kappa shape index (κ1) is 17.9. The van der Waals surface area contributed by atoms with Gasteiger partial charge in [0.25, 0.3) is 0 Å². The quantitative estimate of drug-likeness (QED) is 0.480. The second-order valence-corrected chi connectivity index (χ2v) is 5.56. The van der Waals surface area contributed by atoms with Crippen molar-refractivity contribution in [1.82, 2.24) is 0 Å². The fourth-order valence-electron chi connectivity index (χ4n) is 2.33. The molecule has 0 rings (SSSR count). The first-order valence-corrected chi connectivity index (χ1v) is 8.06. The van der Waals surface area contributed by atoms with Crippen LogP contribution in [0.4, 0.5) is 0 Å². The van der Waals surface area contributed by atoms with Gasteiger partial charge in [0.05, 0.1) is 12.2 Å². The van der Waals surface area contributed by atoms with E-state index < -0.39 is 0 Å². The van der Waals surface area contributed by atoms with E-state index in [2.05, 4.69) is 6.92 Å². The number of aliphatic hydroxyl groups excluding tert-OH is 2. The summed E-state index contributed by atoms with van der Waals surface area (Å²) in [6.45, 7) is 4.16. The van der Waals surface area contributed by atoms with Crippen molar-refractivity contribution in [3.8, 4) is 0 Å². The summed E-state index contributed by atoms with van der Waals surface area (Å²) < 4.78 is 0. The predicted octanol–water partition coefficient (Wildman–Crippen LogP) is 4.43. The number of unbranched alkanes of at least 4 members (excludes halogenated alkanes) is 6. The lowest BCUT2D eigenvalue weighted by atomic mass is 10.0. The molecule has 0 amide bonds. The largest absolute Gasteiger partial charge is 0.393 e.